The monoisotopic (exact) mass is 385 g/mol. The standard InChI is InChI=1S/C18H12FN3O2S2/c19-18-6-10-5-14-12(8-17(10)26(18,23)24)13(3-4-20-14)22-11-1-2-16-15(7-11)21-9-25-16/h1-5,7-9,18H,6H2,(H,20,22). The van der Waals surface area contributed by atoms with E-state index in [1.807, 2.05) is 18.2 Å². The summed E-state index contributed by atoms with van der Waals surface area (Å²) < 4.78 is 39.4. The summed E-state index contributed by atoms with van der Waals surface area (Å²) in [6.07, 6.45) is 1.53. The molecule has 8 heteroatoms. The zero-order valence-corrected chi connectivity index (χ0v) is 14.9. The topological polar surface area (TPSA) is 72.0 Å². The van der Waals surface area contributed by atoms with E-state index in [4.69, 9.17) is 0 Å². The fourth-order valence-corrected chi connectivity index (χ4v) is 5.38. The average molecular weight is 385 g/mol. The number of aromatic nitrogens is 2. The first kappa shape index (κ1) is 15.7. The predicted molar refractivity (Wildman–Crippen MR) is 100 cm³/mol. The second-order valence-electron chi connectivity index (χ2n) is 6.15. The summed E-state index contributed by atoms with van der Waals surface area (Å²) in [5, 5.41) is 3.94. The molecule has 1 aliphatic heterocycles. The van der Waals surface area contributed by atoms with Crippen LogP contribution >= 0.6 is 11.3 Å². The fourth-order valence-electron chi connectivity index (χ4n) is 3.26. The van der Waals surface area contributed by atoms with Crippen LogP contribution in [-0.2, 0) is 16.3 Å². The molecule has 5 nitrogen and oxygen atoms in total. The molecule has 3 heterocycles. The van der Waals surface area contributed by atoms with Crippen LogP contribution in [0.2, 0.25) is 0 Å². The van der Waals surface area contributed by atoms with Gasteiger partial charge in [0.2, 0.25) is 15.3 Å². The van der Waals surface area contributed by atoms with Crippen LogP contribution in [0.15, 0.2) is 53.0 Å². The summed E-state index contributed by atoms with van der Waals surface area (Å²) in [5.74, 6) is 0. The molecule has 0 aliphatic carbocycles. The highest BCUT2D eigenvalue weighted by molar-refractivity contribution is 7.92. The van der Waals surface area contributed by atoms with E-state index in [0.717, 1.165) is 15.9 Å². The molecule has 0 radical (unpaired) electrons. The van der Waals surface area contributed by atoms with Crippen molar-refractivity contribution in [2.24, 2.45) is 0 Å². The summed E-state index contributed by atoms with van der Waals surface area (Å²) in [6, 6.07) is 10.8. The molecule has 26 heavy (non-hydrogen) atoms. The molecule has 0 saturated heterocycles. The van der Waals surface area contributed by atoms with Crippen LogP contribution in [0.4, 0.5) is 15.8 Å². The molecule has 0 bridgehead atoms. The van der Waals surface area contributed by atoms with Crippen LogP contribution in [0.5, 0.6) is 0 Å². The molecule has 5 rings (SSSR count). The number of benzene rings is 2. The van der Waals surface area contributed by atoms with Gasteiger partial charge in [-0.05, 0) is 42.0 Å². The van der Waals surface area contributed by atoms with Crippen LogP contribution in [0, 0.1) is 0 Å². The van der Waals surface area contributed by atoms with Gasteiger partial charge in [0.1, 0.15) is 0 Å². The van der Waals surface area contributed by atoms with Crippen LogP contribution in [-0.4, -0.2) is 23.9 Å². The van der Waals surface area contributed by atoms with Crippen molar-refractivity contribution in [3.63, 3.8) is 0 Å². The lowest BCUT2D eigenvalue weighted by molar-refractivity contribution is 0.428. The fraction of sp³-hybridized carbons (Fsp3) is 0.111. The number of nitrogens with one attached hydrogen (secondary N) is 1. The van der Waals surface area contributed by atoms with Crippen molar-refractivity contribution < 1.29 is 12.8 Å². The molecule has 2 aromatic carbocycles. The minimum atomic E-state index is -3.92. The maximum atomic E-state index is 13.9. The van der Waals surface area contributed by atoms with E-state index >= 15 is 0 Å². The number of alkyl halides is 1. The molecule has 0 saturated carbocycles. The van der Waals surface area contributed by atoms with Crippen molar-refractivity contribution in [3.8, 4) is 0 Å². The van der Waals surface area contributed by atoms with Gasteiger partial charge in [0, 0.05) is 29.4 Å². The summed E-state index contributed by atoms with van der Waals surface area (Å²) in [5.41, 5.74) is 3.47. The Morgan fingerprint density at radius 2 is 2.00 bits per heavy atom. The van der Waals surface area contributed by atoms with Crippen LogP contribution in [0.3, 0.4) is 0 Å². The van der Waals surface area contributed by atoms with E-state index in [0.29, 0.717) is 22.2 Å². The van der Waals surface area contributed by atoms with Gasteiger partial charge in [-0.2, -0.15) is 0 Å². The number of hydrogen-bond acceptors (Lipinski definition) is 6. The van der Waals surface area contributed by atoms with Gasteiger partial charge in [-0.25, -0.2) is 17.8 Å². The zero-order chi connectivity index (χ0) is 17.9. The molecular weight excluding hydrogens is 373 g/mol. The number of halogens is 1. The Morgan fingerprint density at radius 1 is 1.12 bits per heavy atom. The highest BCUT2D eigenvalue weighted by Crippen LogP contribution is 2.37. The number of nitrogens with zero attached hydrogens (tertiary/aromatic N) is 2. The van der Waals surface area contributed by atoms with Gasteiger partial charge in [-0.3, -0.25) is 4.98 Å². The second kappa shape index (κ2) is 5.46. The maximum absolute atomic E-state index is 13.9. The molecule has 1 N–H and O–H groups in total. The van der Waals surface area contributed by atoms with Crippen molar-refractivity contribution in [1.82, 2.24) is 9.97 Å². The van der Waals surface area contributed by atoms with Crippen LogP contribution in [0.1, 0.15) is 5.56 Å². The first-order chi connectivity index (χ1) is 12.5. The molecular formula is C18H12FN3O2S2. The first-order valence-corrected chi connectivity index (χ1v) is 10.3. The molecule has 0 fully saturated rings. The van der Waals surface area contributed by atoms with Gasteiger partial charge in [0.25, 0.3) is 0 Å². The van der Waals surface area contributed by atoms with Gasteiger partial charge in [0.15, 0.2) is 0 Å². The lowest BCUT2D eigenvalue weighted by Crippen LogP contribution is -2.09. The number of hydrogen-bond donors (Lipinski definition) is 1. The average Bonchev–Trinajstić information content (AvgIpc) is 3.16. The lowest BCUT2D eigenvalue weighted by atomic mass is 10.1. The minimum absolute atomic E-state index is 0.0588. The van der Waals surface area contributed by atoms with Crippen LogP contribution in [0.25, 0.3) is 21.1 Å². The van der Waals surface area contributed by atoms with E-state index in [-0.39, 0.29) is 11.3 Å². The van der Waals surface area contributed by atoms with Crippen molar-refractivity contribution in [3.05, 3.63) is 53.7 Å². The second-order valence-corrected chi connectivity index (χ2v) is 9.08. The number of thiazole rings is 1. The number of anilines is 2. The Labute approximate surface area is 152 Å². The van der Waals surface area contributed by atoms with Gasteiger partial charge in [0.05, 0.1) is 26.1 Å². The summed E-state index contributed by atoms with van der Waals surface area (Å²) in [7, 11) is -3.92. The number of sulfone groups is 1. The predicted octanol–water partition coefficient (Wildman–Crippen LogP) is 4.21. The van der Waals surface area contributed by atoms with Crippen molar-refractivity contribution >= 4 is 53.7 Å². The molecule has 0 amide bonds. The van der Waals surface area contributed by atoms with E-state index < -0.39 is 15.3 Å². The van der Waals surface area contributed by atoms with E-state index in [2.05, 4.69) is 15.3 Å². The van der Waals surface area contributed by atoms with E-state index in [9.17, 15) is 12.8 Å². The Bertz CT molecular complexity index is 1280. The first-order valence-electron chi connectivity index (χ1n) is 7.92. The van der Waals surface area contributed by atoms with Gasteiger partial charge < -0.3 is 5.32 Å². The third kappa shape index (κ3) is 2.29. The normalized spacial score (nSPS) is 18.3. The lowest BCUT2D eigenvalue weighted by Gasteiger charge is -2.11. The zero-order valence-electron chi connectivity index (χ0n) is 13.3. The molecule has 0 spiro atoms. The van der Waals surface area contributed by atoms with Gasteiger partial charge in [-0.15, -0.1) is 11.3 Å². The molecule has 130 valence electrons. The van der Waals surface area contributed by atoms with Gasteiger partial charge in [-0.1, -0.05) is 0 Å². The maximum Gasteiger partial charge on any atom is 0.210 e. The molecule has 1 atom stereocenters. The SMILES string of the molecule is O=S1(=O)c2cc3c(Nc4ccc5scnc5c4)ccnc3cc2CC1F. The number of pyridine rings is 1. The Hall–Kier alpha value is -2.58. The van der Waals surface area contributed by atoms with Crippen molar-refractivity contribution in [2.45, 2.75) is 16.8 Å². The highest BCUT2D eigenvalue weighted by atomic mass is 32.2. The third-order valence-corrected chi connectivity index (χ3v) is 7.20. The van der Waals surface area contributed by atoms with Gasteiger partial charge >= 0.3 is 0 Å². The third-order valence-electron chi connectivity index (χ3n) is 4.56. The number of fused-ring (bicyclic) bond motifs is 3. The molecule has 1 unspecified atom stereocenters. The largest absolute Gasteiger partial charge is 0.355 e. The Morgan fingerprint density at radius 3 is 2.88 bits per heavy atom. The minimum Gasteiger partial charge on any atom is -0.355 e. The Kier molecular flexibility index (Phi) is 3.29. The quantitative estimate of drug-likeness (QED) is 0.560. The summed E-state index contributed by atoms with van der Waals surface area (Å²) in [6.45, 7) is 0. The van der Waals surface area contributed by atoms with E-state index in [1.54, 1.807) is 35.2 Å². The molecule has 1 aliphatic rings. The Balaban J connectivity index is 1.65. The van der Waals surface area contributed by atoms with Crippen molar-refractivity contribution in [2.75, 3.05) is 5.32 Å². The highest BCUT2D eigenvalue weighted by Gasteiger charge is 2.37. The number of rotatable bonds is 2. The summed E-state index contributed by atoms with van der Waals surface area (Å²) >= 11 is 1.57. The molecule has 4 aromatic rings. The summed E-state index contributed by atoms with van der Waals surface area (Å²) in [4.78, 5) is 8.67. The molecule has 2 aromatic heterocycles. The van der Waals surface area contributed by atoms with E-state index in [1.165, 1.54) is 6.07 Å². The van der Waals surface area contributed by atoms with Crippen molar-refractivity contribution in [1.29, 1.82) is 0 Å². The van der Waals surface area contributed by atoms with Crippen LogP contribution < -0.4 is 5.32 Å². The smallest absolute Gasteiger partial charge is 0.210 e.